The normalized spacial score (nSPS) is 14.3. The van der Waals surface area contributed by atoms with Gasteiger partial charge in [0.05, 0.1) is 33.9 Å². The summed E-state index contributed by atoms with van der Waals surface area (Å²) in [5, 5.41) is 6.76. The maximum Gasteiger partial charge on any atom is 0.393 e. The third-order valence-corrected chi connectivity index (χ3v) is 9.69. The van der Waals surface area contributed by atoms with Crippen molar-refractivity contribution in [1.82, 2.24) is 9.62 Å². The van der Waals surface area contributed by atoms with Gasteiger partial charge in [-0.25, -0.2) is 24.1 Å². The molecule has 0 unspecified atom stereocenters. The first-order valence-corrected chi connectivity index (χ1v) is 16.3. The number of alkyl halides is 3. The molecule has 45 heavy (non-hydrogen) atoms. The molecule has 0 aliphatic carbocycles. The molecule has 0 spiro atoms. The summed E-state index contributed by atoms with van der Waals surface area (Å²) in [4.78, 5) is 16.0. The van der Waals surface area contributed by atoms with Gasteiger partial charge in [-0.1, -0.05) is 30.9 Å². The number of piperidine rings is 1. The van der Waals surface area contributed by atoms with E-state index in [1.165, 1.54) is 0 Å². The van der Waals surface area contributed by atoms with E-state index in [4.69, 9.17) is 11.3 Å². The number of ether oxygens (including phenoxy) is 1. The van der Waals surface area contributed by atoms with Crippen molar-refractivity contribution in [3.8, 4) is 17.6 Å². The Labute approximate surface area is 262 Å². The summed E-state index contributed by atoms with van der Waals surface area (Å²) in [5.74, 6) is 3.26. The fourth-order valence-corrected chi connectivity index (χ4v) is 7.22. The van der Waals surface area contributed by atoms with Crippen LogP contribution in [0.5, 0.6) is 5.75 Å². The highest BCUT2D eigenvalue weighted by Gasteiger charge is 2.31. The van der Waals surface area contributed by atoms with Gasteiger partial charge >= 0.3 is 12.9 Å². The number of anilines is 2. The van der Waals surface area contributed by atoms with Gasteiger partial charge in [0.15, 0.2) is 5.75 Å². The molecule has 0 saturated carbocycles. The summed E-state index contributed by atoms with van der Waals surface area (Å²) in [6, 6.07) is 7.08. The standard InChI is InChI=1S/C30H31F4N5O4S2/c1-4-39-13-10-20(11-14-39)37-24-8-5-7-21-22(17-30(32,33)34)27(44-29(21)24)9-6-12-36-25-15-23(31)28(16-26(25)43-18-35-3)45(41,42)38-19(2)40/h5,7-8,15-16,20,36-37H,4,10-14,17-18H2,1-2H3,(H,38,40). The molecule has 1 aliphatic heterocycles. The zero-order valence-corrected chi connectivity index (χ0v) is 26.1. The molecule has 4 rings (SSSR count). The number of carbonyl (C=O) groups excluding carboxylic acids is 1. The largest absolute Gasteiger partial charge is 0.424 e. The predicted molar refractivity (Wildman–Crippen MR) is 165 cm³/mol. The highest BCUT2D eigenvalue weighted by Crippen LogP contribution is 2.39. The Morgan fingerprint density at radius 1 is 1.22 bits per heavy atom. The van der Waals surface area contributed by atoms with Crippen LogP contribution >= 0.6 is 11.3 Å². The van der Waals surface area contributed by atoms with Crippen LogP contribution in [0.3, 0.4) is 0 Å². The predicted octanol–water partition coefficient (Wildman–Crippen LogP) is 5.59. The average molecular weight is 666 g/mol. The van der Waals surface area contributed by atoms with E-state index >= 15 is 0 Å². The van der Waals surface area contributed by atoms with E-state index in [0.29, 0.717) is 10.1 Å². The molecule has 2 aromatic carbocycles. The van der Waals surface area contributed by atoms with Gasteiger partial charge in [0.2, 0.25) is 5.91 Å². The minimum absolute atomic E-state index is 0.0420. The van der Waals surface area contributed by atoms with Crippen LogP contribution in [0.15, 0.2) is 35.2 Å². The van der Waals surface area contributed by atoms with Crippen LogP contribution in [0.25, 0.3) is 14.9 Å². The molecule has 0 radical (unpaired) electrons. The van der Waals surface area contributed by atoms with Crippen molar-refractivity contribution in [3.63, 3.8) is 0 Å². The molecule has 9 nitrogen and oxygen atoms in total. The molecule has 3 aromatic rings. The first-order valence-electron chi connectivity index (χ1n) is 14.0. The highest BCUT2D eigenvalue weighted by atomic mass is 32.2. The Hall–Kier alpha value is -4.05. The maximum atomic E-state index is 14.8. The topological polar surface area (TPSA) is 104 Å². The van der Waals surface area contributed by atoms with Crippen molar-refractivity contribution in [2.45, 2.75) is 50.2 Å². The Kier molecular flexibility index (Phi) is 10.8. The summed E-state index contributed by atoms with van der Waals surface area (Å²) in [7, 11) is -4.55. The first-order chi connectivity index (χ1) is 21.3. The van der Waals surface area contributed by atoms with Crippen molar-refractivity contribution < 1.29 is 35.5 Å². The number of likely N-dealkylation sites (tertiary alicyclic amines) is 1. The first kappa shape index (κ1) is 33.8. The van der Waals surface area contributed by atoms with E-state index < -0.39 is 46.0 Å². The fourth-order valence-electron chi connectivity index (χ4n) is 4.98. The molecule has 1 saturated heterocycles. The number of hydrogen-bond donors (Lipinski definition) is 3. The van der Waals surface area contributed by atoms with Crippen LogP contribution in [-0.4, -0.2) is 64.4 Å². The lowest BCUT2D eigenvalue weighted by molar-refractivity contribution is -0.127. The van der Waals surface area contributed by atoms with E-state index in [1.807, 2.05) is 6.07 Å². The third kappa shape index (κ3) is 8.78. The lowest BCUT2D eigenvalue weighted by Crippen LogP contribution is -2.38. The molecule has 0 bridgehead atoms. The minimum atomic E-state index is -4.55. The van der Waals surface area contributed by atoms with Crippen LogP contribution in [0.2, 0.25) is 0 Å². The summed E-state index contributed by atoms with van der Waals surface area (Å²) in [6.45, 7) is 12.2. The zero-order valence-electron chi connectivity index (χ0n) is 24.5. The second kappa shape index (κ2) is 14.4. The highest BCUT2D eigenvalue weighted by molar-refractivity contribution is 7.90. The van der Waals surface area contributed by atoms with Crippen LogP contribution in [0.1, 0.15) is 37.1 Å². The number of amides is 1. The molecule has 3 N–H and O–H groups in total. The SMILES string of the molecule is [C-]#[N+]COc1cc(S(=O)(=O)NC(C)=O)c(F)cc1NCC#Cc1sc2c(NC3CCN(CC)CC3)cccc2c1CC(F)(F)F. The number of carbonyl (C=O) groups is 1. The Morgan fingerprint density at radius 3 is 2.60 bits per heavy atom. The number of nitrogens with one attached hydrogen (secondary N) is 3. The molecule has 1 amide bonds. The molecular formula is C30H31F4N5O4S2. The summed E-state index contributed by atoms with van der Waals surface area (Å²) in [5.41, 5.74) is 0.784. The molecule has 15 heteroatoms. The summed E-state index contributed by atoms with van der Waals surface area (Å²) >= 11 is 1.16. The third-order valence-electron chi connectivity index (χ3n) is 7.05. The van der Waals surface area contributed by atoms with Crippen molar-refractivity contribution in [1.29, 1.82) is 0 Å². The fraction of sp³-hybridized carbons (Fsp3) is 0.400. The number of halogens is 4. The maximum absolute atomic E-state index is 14.8. The quantitative estimate of drug-likeness (QED) is 0.148. The average Bonchev–Trinajstić information content (AvgIpc) is 3.31. The number of benzene rings is 2. The smallest absolute Gasteiger partial charge is 0.393 e. The molecule has 240 valence electrons. The van der Waals surface area contributed by atoms with Gasteiger partial charge in [-0.15, -0.1) is 11.3 Å². The Morgan fingerprint density at radius 2 is 1.96 bits per heavy atom. The molecule has 1 aromatic heterocycles. The van der Waals surface area contributed by atoms with Gasteiger partial charge in [0.1, 0.15) is 10.7 Å². The van der Waals surface area contributed by atoms with Gasteiger partial charge in [-0.3, -0.25) is 9.64 Å². The van der Waals surface area contributed by atoms with Gasteiger partial charge in [-0.2, -0.15) is 13.2 Å². The van der Waals surface area contributed by atoms with Crippen LogP contribution < -0.4 is 20.1 Å². The Bertz CT molecular complexity index is 1770. The molecule has 1 fully saturated rings. The molecule has 1 aliphatic rings. The van der Waals surface area contributed by atoms with E-state index in [2.05, 4.69) is 39.1 Å². The number of thiophene rings is 1. The number of rotatable bonds is 10. The van der Waals surface area contributed by atoms with Gasteiger partial charge < -0.3 is 20.3 Å². The lowest BCUT2D eigenvalue weighted by Gasteiger charge is -2.32. The van der Waals surface area contributed by atoms with Gasteiger partial charge in [0.25, 0.3) is 10.0 Å². The van der Waals surface area contributed by atoms with Crippen LogP contribution in [0, 0.1) is 24.2 Å². The van der Waals surface area contributed by atoms with E-state index in [-0.39, 0.29) is 34.5 Å². The second-order valence-electron chi connectivity index (χ2n) is 10.3. The number of hydrogen-bond acceptors (Lipinski definition) is 8. The monoisotopic (exact) mass is 665 g/mol. The molecular weight excluding hydrogens is 634 g/mol. The number of sulfonamides is 1. The van der Waals surface area contributed by atoms with Crippen LogP contribution in [0.4, 0.5) is 28.9 Å². The lowest BCUT2D eigenvalue weighted by atomic mass is 10.0. The van der Waals surface area contributed by atoms with E-state index in [0.717, 1.165) is 68.6 Å². The van der Waals surface area contributed by atoms with Crippen molar-refractivity contribution in [2.24, 2.45) is 0 Å². The van der Waals surface area contributed by atoms with E-state index in [9.17, 15) is 30.8 Å². The Balaban J connectivity index is 1.61. The summed E-state index contributed by atoms with van der Waals surface area (Å²) < 4.78 is 88.1. The minimum Gasteiger partial charge on any atom is -0.424 e. The van der Waals surface area contributed by atoms with Crippen molar-refractivity contribution >= 4 is 48.7 Å². The van der Waals surface area contributed by atoms with Gasteiger partial charge in [0, 0.05) is 38.2 Å². The molecule has 0 atom stereocenters. The van der Waals surface area contributed by atoms with Crippen LogP contribution in [-0.2, 0) is 21.2 Å². The summed E-state index contributed by atoms with van der Waals surface area (Å²) in [6.07, 6.45) is -3.78. The second-order valence-corrected chi connectivity index (χ2v) is 12.9. The zero-order chi connectivity index (χ0) is 32.8. The number of fused-ring (bicyclic) bond motifs is 1. The number of nitrogens with zero attached hydrogens (tertiary/aromatic N) is 2. The van der Waals surface area contributed by atoms with Crippen molar-refractivity contribution in [3.05, 3.63) is 58.0 Å². The molecule has 2 heterocycles. The van der Waals surface area contributed by atoms with Gasteiger partial charge in [-0.05, 0) is 36.4 Å². The van der Waals surface area contributed by atoms with Crippen molar-refractivity contribution in [2.75, 3.05) is 43.5 Å². The van der Waals surface area contributed by atoms with E-state index in [1.54, 1.807) is 16.9 Å².